The number of pyridine rings is 1. The van der Waals surface area contributed by atoms with Crippen molar-refractivity contribution in [1.82, 2.24) is 15.2 Å². The fourth-order valence-electron chi connectivity index (χ4n) is 3.35. The Bertz CT molecular complexity index is 479. The Morgan fingerprint density at radius 1 is 1.42 bits per heavy atom. The summed E-state index contributed by atoms with van der Waals surface area (Å²) < 4.78 is 0. The number of nitrogens with zero attached hydrogens (tertiary/aromatic N) is 3. The van der Waals surface area contributed by atoms with Crippen molar-refractivity contribution in [3.8, 4) is 6.07 Å². The average molecular weight is 256 g/mol. The van der Waals surface area contributed by atoms with Gasteiger partial charge < -0.3 is 10.2 Å². The molecule has 4 heteroatoms. The largest absolute Gasteiger partial charge is 0.310 e. The summed E-state index contributed by atoms with van der Waals surface area (Å²) in [5.74, 6) is 0. The first-order valence-electron chi connectivity index (χ1n) is 7.18. The standard InChI is InChI=1S/C15H20N4/c16-10-15-12(3-1-6-17-15)11-18-13-5-8-19-7-2-4-14(19)9-13/h1,3,6,13-14,18H,2,4-5,7-9,11H2. The van der Waals surface area contributed by atoms with Crippen molar-refractivity contribution >= 4 is 0 Å². The molecule has 2 unspecified atom stereocenters. The summed E-state index contributed by atoms with van der Waals surface area (Å²) in [5.41, 5.74) is 1.56. The Hall–Kier alpha value is -1.44. The molecule has 0 amide bonds. The zero-order valence-corrected chi connectivity index (χ0v) is 11.2. The van der Waals surface area contributed by atoms with Gasteiger partial charge in [-0.1, -0.05) is 6.07 Å². The van der Waals surface area contributed by atoms with Crippen molar-refractivity contribution in [3.05, 3.63) is 29.6 Å². The molecule has 100 valence electrons. The summed E-state index contributed by atoms with van der Waals surface area (Å²) in [6.07, 6.45) is 6.87. The summed E-state index contributed by atoms with van der Waals surface area (Å²) in [6, 6.07) is 7.43. The Balaban J connectivity index is 1.56. The van der Waals surface area contributed by atoms with E-state index in [0.29, 0.717) is 11.7 Å². The second-order valence-corrected chi connectivity index (χ2v) is 5.56. The van der Waals surface area contributed by atoms with E-state index in [0.717, 1.165) is 18.2 Å². The minimum absolute atomic E-state index is 0.549. The molecule has 1 N–H and O–H groups in total. The maximum Gasteiger partial charge on any atom is 0.144 e. The molecule has 2 aliphatic heterocycles. The van der Waals surface area contributed by atoms with Crippen molar-refractivity contribution in [2.45, 2.75) is 44.3 Å². The summed E-state index contributed by atoms with van der Waals surface area (Å²) in [4.78, 5) is 6.73. The SMILES string of the molecule is N#Cc1ncccc1CNC1CCN2CCCC2C1. The highest BCUT2D eigenvalue weighted by atomic mass is 15.2. The van der Waals surface area contributed by atoms with E-state index in [2.05, 4.69) is 21.3 Å². The van der Waals surface area contributed by atoms with Crippen molar-refractivity contribution < 1.29 is 0 Å². The van der Waals surface area contributed by atoms with Crippen LogP contribution in [0.2, 0.25) is 0 Å². The summed E-state index contributed by atoms with van der Waals surface area (Å²) in [6.45, 7) is 3.27. The van der Waals surface area contributed by atoms with E-state index in [4.69, 9.17) is 5.26 Å². The summed E-state index contributed by atoms with van der Waals surface area (Å²) in [5, 5.41) is 12.6. The lowest BCUT2D eigenvalue weighted by Gasteiger charge is -2.35. The zero-order valence-electron chi connectivity index (χ0n) is 11.2. The van der Waals surface area contributed by atoms with Crippen LogP contribution in [0.1, 0.15) is 36.9 Å². The molecule has 2 aliphatic rings. The number of hydrogen-bond donors (Lipinski definition) is 1. The number of fused-ring (bicyclic) bond motifs is 1. The van der Waals surface area contributed by atoms with Crippen LogP contribution in [0, 0.1) is 11.3 Å². The third-order valence-corrected chi connectivity index (χ3v) is 4.40. The molecular formula is C15H20N4. The number of nitriles is 1. The van der Waals surface area contributed by atoms with Gasteiger partial charge in [-0.3, -0.25) is 0 Å². The van der Waals surface area contributed by atoms with Gasteiger partial charge in [0.25, 0.3) is 0 Å². The average Bonchev–Trinajstić information content (AvgIpc) is 2.93. The molecule has 2 fully saturated rings. The van der Waals surface area contributed by atoms with E-state index >= 15 is 0 Å². The normalized spacial score (nSPS) is 26.9. The Labute approximate surface area is 114 Å². The summed E-state index contributed by atoms with van der Waals surface area (Å²) >= 11 is 0. The molecular weight excluding hydrogens is 236 g/mol. The van der Waals surface area contributed by atoms with Crippen molar-refractivity contribution in [3.63, 3.8) is 0 Å². The maximum absolute atomic E-state index is 9.03. The minimum atomic E-state index is 0.549. The molecule has 3 heterocycles. The van der Waals surface area contributed by atoms with Crippen molar-refractivity contribution in [2.75, 3.05) is 13.1 Å². The maximum atomic E-state index is 9.03. The van der Waals surface area contributed by atoms with Gasteiger partial charge in [0.05, 0.1) is 0 Å². The van der Waals surface area contributed by atoms with E-state index in [1.54, 1.807) is 6.20 Å². The second-order valence-electron chi connectivity index (χ2n) is 5.56. The zero-order chi connectivity index (χ0) is 13.1. The van der Waals surface area contributed by atoms with E-state index in [9.17, 15) is 0 Å². The molecule has 0 bridgehead atoms. The highest BCUT2D eigenvalue weighted by molar-refractivity contribution is 5.30. The third-order valence-electron chi connectivity index (χ3n) is 4.40. The molecule has 2 saturated heterocycles. The van der Waals surface area contributed by atoms with Gasteiger partial charge in [-0.25, -0.2) is 4.98 Å². The fourth-order valence-corrected chi connectivity index (χ4v) is 3.35. The quantitative estimate of drug-likeness (QED) is 0.894. The molecule has 3 rings (SSSR count). The molecule has 0 radical (unpaired) electrons. The first-order chi connectivity index (χ1) is 9.36. The molecule has 19 heavy (non-hydrogen) atoms. The van der Waals surface area contributed by atoms with Gasteiger partial charge in [-0.15, -0.1) is 0 Å². The van der Waals surface area contributed by atoms with Crippen LogP contribution in [0.3, 0.4) is 0 Å². The van der Waals surface area contributed by atoms with E-state index in [1.807, 2.05) is 12.1 Å². The van der Waals surface area contributed by atoms with Crippen LogP contribution in [0.25, 0.3) is 0 Å². The molecule has 1 aromatic heterocycles. The van der Waals surface area contributed by atoms with Crippen LogP contribution in [0.15, 0.2) is 18.3 Å². The lowest BCUT2D eigenvalue weighted by Crippen LogP contribution is -2.45. The van der Waals surface area contributed by atoms with Crippen LogP contribution in [-0.4, -0.2) is 35.1 Å². The molecule has 0 aliphatic carbocycles. The lowest BCUT2D eigenvalue weighted by molar-refractivity contribution is 0.166. The van der Waals surface area contributed by atoms with Gasteiger partial charge in [0.2, 0.25) is 0 Å². The van der Waals surface area contributed by atoms with Gasteiger partial charge >= 0.3 is 0 Å². The van der Waals surface area contributed by atoms with Gasteiger partial charge in [0.1, 0.15) is 11.8 Å². The Morgan fingerprint density at radius 3 is 3.26 bits per heavy atom. The molecule has 0 saturated carbocycles. The number of nitrogens with one attached hydrogen (secondary N) is 1. The Morgan fingerprint density at radius 2 is 2.37 bits per heavy atom. The minimum Gasteiger partial charge on any atom is -0.310 e. The predicted octanol–water partition coefficient (Wildman–Crippen LogP) is 1.67. The van der Waals surface area contributed by atoms with Crippen LogP contribution < -0.4 is 5.32 Å². The van der Waals surface area contributed by atoms with E-state index in [1.165, 1.54) is 38.8 Å². The van der Waals surface area contributed by atoms with Gasteiger partial charge in [0.15, 0.2) is 0 Å². The lowest BCUT2D eigenvalue weighted by atomic mass is 9.97. The van der Waals surface area contributed by atoms with E-state index in [-0.39, 0.29) is 0 Å². The fraction of sp³-hybridized carbons (Fsp3) is 0.600. The highest BCUT2D eigenvalue weighted by Crippen LogP contribution is 2.26. The molecule has 1 aromatic rings. The topological polar surface area (TPSA) is 52.0 Å². The van der Waals surface area contributed by atoms with Crippen LogP contribution in [-0.2, 0) is 6.54 Å². The number of hydrogen-bond acceptors (Lipinski definition) is 4. The van der Waals surface area contributed by atoms with Gasteiger partial charge in [-0.05, 0) is 44.8 Å². The smallest absolute Gasteiger partial charge is 0.144 e. The Kier molecular flexibility index (Phi) is 3.77. The van der Waals surface area contributed by atoms with E-state index < -0.39 is 0 Å². The molecule has 0 aromatic carbocycles. The third kappa shape index (κ3) is 2.78. The number of rotatable bonds is 3. The van der Waals surface area contributed by atoms with Crippen LogP contribution >= 0.6 is 0 Å². The van der Waals surface area contributed by atoms with Crippen LogP contribution in [0.4, 0.5) is 0 Å². The predicted molar refractivity (Wildman–Crippen MR) is 73.4 cm³/mol. The summed E-state index contributed by atoms with van der Waals surface area (Å²) in [7, 11) is 0. The second kappa shape index (κ2) is 5.68. The molecule has 4 nitrogen and oxygen atoms in total. The molecule has 0 spiro atoms. The van der Waals surface area contributed by atoms with Crippen molar-refractivity contribution in [2.24, 2.45) is 0 Å². The molecule has 2 atom stereocenters. The highest BCUT2D eigenvalue weighted by Gasteiger charge is 2.31. The van der Waals surface area contributed by atoms with Crippen LogP contribution in [0.5, 0.6) is 0 Å². The number of aromatic nitrogens is 1. The first kappa shape index (κ1) is 12.6. The monoisotopic (exact) mass is 256 g/mol. The van der Waals surface area contributed by atoms with Crippen molar-refractivity contribution in [1.29, 1.82) is 5.26 Å². The first-order valence-corrected chi connectivity index (χ1v) is 7.18. The van der Waals surface area contributed by atoms with Gasteiger partial charge in [-0.2, -0.15) is 5.26 Å². The van der Waals surface area contributed by atoms with Gasteiger partial charge in [0, 0.05) is 30.4 Å². The number of piperidine rings is 1.